The molecule has 24 heavy (non-hydrogen) atoms. The molecule has 0 bridgehead atoms. The van der Waals surface area contributed by atoms with E-state index in [9.17, 15) is 9.59 Å². The highest BCUT2D eigenvalue weighted by Gasteiger charge is 2.12. The highest BCUT2D eigenvalue weighted by Crippen LogP contribution is 2.17. The Labute approximate surface area is 142 Å². The molecule has 0 fully saturated rings. The number of hydrogen-bond donors (Lipinski definition) is 3. The molecule has 1 atom stereocenters. The minimum Gasteiger partial charge on any atom is -0.376 e. The zero-order valence-electron chi connectivity index (χ0n) is 14.0. The first kappa shape index (κ1) is 17.5. The Morgan fingerprint density at radius 1 is 1.00 bits per heavy atom. The number of anilines is 2. The Balaban J connectivity index is 1.89. The van der Waals surface area contributed by atoms with E-state index in [0.29, 0.717) is 5.69 Å². The van der Waals surface area contributed by atoms with Gasteiger partial charge in [-0.05, 0) is 30.2 Å². The van der Waals surface area contributed by atoms with Crippen LogP contribution in [0.3, 0.4) is 0 Å². The highest BCUT2D eigenvalue weighted by molar-refractivity contribution is 5.89. The van der Waals surface area contributed by atoms with Crippen LogP contribution in [0.15, 0.2) is 54.6 Å². The number of amides is 2. The van der Waals surface area contributed by atoms with E-state index >= 15 is 0 Å². The van der Waals surface area contributed by atoms with E-state index in [1.165, 1.54) is 6.92 Å². The quantitative estimate of drug-likeness (QED) is 0.731. The van der Waals surface area contributed by atoms with Crippen LogP contribution in [0.5, 0.6) is 0 Å². The van der Waals surface area contributed by atoms with Crippen molar-refractivity contribution in [1.29, 1.82) is 0 Å². The molecule has 0 aromatic heterocycles. The number of carbonyl (C=O) groups excluding carboxylic acids is 2. The summed E-state index contributed by atoms with van der Waals surface area (Å²) in [5.74, 6) is -0.200. The molecular weight excluding hydrogens is 302 g/mol. The maximum atomic E-state index is 12.2. The lowest BCUT2D eigenvalue weighted by molar-refractivity contribution is -0.120. The summed E-state index contributed by atoms with van der Waals surface area (Å²) in [6, 6.07) is 17.2. The number of benzene rings is 2. The van der Waals surface area contributed by atoms with Crippen molar-refractivity contribution in [2.75, 3.05) is 17.2 Å². The molecule has 0 heterocycles. The normalized spacial score (nSPS) is 11.4. The summed E-state index contributed by atoms with van der Waals surface area (Å²) in [5, 5.41) is 8.82. The van der Waals surface area contributed by atoms with Crippen molar-refractivity contribution >= 4 is 23.2 Å². The molecule has 2 amide bonds. The molecule has 0 aliphatic rings. The van der Waals surface area contributed by atoms with Crippen molar-refractivity contribution in [2.24, 2.45) is 0 Å². The van der Waals surface area contributed by atoms with Gasteiger partial charge in [0.05, 0.1) is 12.6 Å². The fraction of sp³-hybridized carbons (Fsp3) is 0.263. The molecule has 0 aliphatic heterocycles. The largest absolute Gasteiger partial charge is 0.376 e. The van der Waals surface area contributed by atoms with E-state index < -0.39 is 0 Å². The third kappa shape index (κ3) is 5.43. The van der Waals surface area contributed by atoms with Crippen LogP contribution in [0.4, 0.5) is 11.4 Å². The van der Waals surface area contributed by atoms with Gasteiger partial charge in [-0.3, -0.25) is 9.59 Å². The van der Waals surface area contributed by atoms with E-state index in [2.05, 4.69) is 16.0 Å². The molecule has 0 aliphatic carbocycles. The van der Waals surface area contributed by atoms with Crippen LogP contribution in [-0.2, 0) is 9.59 Å². The van der Waals surface area contributed by atoms with Crippen LogP contribution in [0.25, 0.3) is 0 Å². The lowest BCUT2D eigenvalue weighted by atomic mass is 10.0. The first-order valence-corrected chi connectivity index (χ1v) is 8.04. The van der Waals surface area contributed by atoms with Crippen molar-refractivity contribution in [2.45, 2.75) is 26.3 Å². The summed E-state index contributed by atoms with van der Waals surface area (Å²) in [5.41, 5.74) is 2.58. The molecule has 2 aromatic carbocycles. The van der Waals surface area contributed by atoms with Crippen molar-refractivity contribution < 1.29 is 9.59 Å². The zero-order chi connectivity index (χ0) is 17.4. The monoisotopic (exact) mass is 325 g/mol. The Bertz CT molecular complexity index is 686. The maximum absolute atomic E-state index is 12.2. The van der Waals surface area contributed by atoms with Gasteiger partial charge < -0.3 is 16.0 Å². The SMILES string of the molecule is CCC(NC(=O)CNc1cccc(NC(C)=O)c1)c1ccccc1. The standard InChI is InChI=1S/C19H23N3O2/c1-3-18(15-8-5-4-6-9-15)22-19(24)13-20-16-10-7-11-17(12-16)21-14(2)23/h4-12,18,20H,3,13H2,1-2H3,(H,21,23)(H,22,24). The summed E-state index contributed by atoms with van der Waals surface area (Å²) in [6.45, 7) is 3.68. The fourth-order valence-corrected chi connectivity index (χ4v) is 2.44. The lowest BCUT2D eigenvalue weighted by Gasteiger charge is -2.18. The summed E-state index contributed by atoms with van der Waals surface area (Å²) in [7, 11) is 0. The van der Waals surface area contributed by atoms with Crippen molar-refractivity contribution in [3.05, 3.63) is 60.2 Å². The van der Waals surface area contributed by atoms with Gasteiger partial charge in [-0.25, -0.2) is 0 Å². The minimum absolute atomic E-state index is 0.00575. The molecule has 5 heteroatoms. The fourth-order valence-electron chi connectivity index (χ4n) is 2.44. The second-order valence-corrected chi connectivity index (χ2v) is 5.55. The number of nitrogens with one attached hydrogen (secondary N) is 3. The second-order valence-electron chi connectivity index (χ2n) is 5.55. The second kappa shape index (κ2) is 8.72. The first-order valence-electron chi connectivity index (χ1n) is 8.04. The zero-order valence-corrected chi connectivity index (χ0v) is 14.0. The van der Waals surface area contributed by atoms with Gasteiger partial charge in [0, 0.05) is 18.3 Å². The van der Waals surface area contributed by atoms with Crippen LogP contribution in [0.2, 0.25) is 0 Å². The third-order valence-electron chi connectivity index (χ3n) is 3.58. The average molecular weight is 325 g/mol. The molecule has 1 unspecified atom stereocenters. The first-order chi connectivity index (χ1) is 11.6. The summed E-state index contributed by atoms with van der Waals surface area (Å²) >= 11 is 0. The maximum Gasteiger partial charge on any atom is 0.239 e. The molecule has 0 spiro atoms. The van der Waals surface area contributed by atoms with Crippen LogP contribution in [0, 0.1) is 0 Å². The van der Waals surface area contributed by atoms with E-state index in [0.717, 1.165) is 17.7 Å². The van der Waals surface area contributed by atoms with Gasteiger partial charge in [-0.1, -0.05) is 43.3 Å². The van der Waals surface area contributed by atoms with Gasteiger partial charge in [0.1, 0.15) is 0 Å². The van der Waals surface area contributed by atoms with Crippen LogP contribution < -0.4 is 16.0 Å². The average Bonchev–Trinajstić information content (AvgIpc) is 2.58. The molecule has 3 N–H and O–H groups in total. The minimum atomic E-state index is -0.126. The Hall–Kier alpha value is -2.82. The van der Waals surface area contributed by atoms with Crippen molar-refractivity contribution in [3.8, 4) is 0 Å². The van der Waals surface area contributed by atoms with Gasteiger partial charge in [-0.2, -0.15) is 0 Å². The Morgan fingerprint density at radius 2 is 1.71 bits per heavy atom. The van der Waals surface area contributed by atoms with Crippen LogP contribution in [0.1, 0.15) is 31.9 Å². The van der Waals surface area contributed by atoms with E-state index in [-0.39, 0.29) is 24.4 Å². The summed E-state index contributed by atoms with van der Waals surface area (Å²) in [6.07, 6.45) is 0.827. The Kier molecular flexibility index (Phi) is 6.37. The molecule has 2 rings (SSSR count). The summed E-state index contributed by atoms with van der Waals surface area (Å²) in [4.78, 5) is 23.3. The summed E-state index contributed by atoms with van der Waals surface area (Å²) < 4.78 is 0. The Morgan fingerprint density at radius 3 is 2.38 bits per heavy atom. The molecular formula is C19H23N3O2. The molecule has 0 saturated carbocycles. The molecule has 0 radical (unpaired) electrons. The van der Waals surface area contributed by atoms with E-state index in [4.69, 9.17) is 0 Å². The van der Waals surface area contributed by atoms with Gasteiger partial charge in [0.2, 0.25) is 11.8 Å². The van der Waals surface area contributed by atoms with E-state index in [1.807, 2.05) is 49.4 Å². The van der Waals surface area contributed by atoms with Gasteiger partial charge in [0.15, 0.2) is 0 Å². The smallest absolute Gasteiger partial charge is 0.239 e. The highest BCUT2D eigenvalue weighted by atomic mass is 16.2. The predicted molar refractivity (Wildman–Crippen MR) is 96.9 cm³/mol. The molecule has 5 nitrogen and oxygen atoms in total. The van der Waals surface area contributed by atoms with Crippen molar-refractivity contribution in [1.82, 2.24) is 5.32 Å². The molecule has 2 aromatic rings. The van der Waals surface area contributed by atoms with Crippen LogP contribution in [-0.4, -0.2) is 18.4 Å². The van der Waals surface area contributed by atoms with Gasteiger partial charge in [0.25, 0.3) is 0 Å². The molecule has 0 saturated heterocycles. The van der Waals surface area contributed by atoms with Crippen molar-refractivity contribution in [3.63, 3.8) is 0 Å². The third-order valence-corrected chi connectivity index (χ3v) is 3.58. The molecule has 126 valence electrons. The van der Waals surface area contributed by atoms with E-state index in [1.54, 1.807) is 12.1 Å². The number of rotatable bonds is 7. The van der Waals surface area contributed by atoms with Crippen LogP contribution >= 0.6 is 0 Å². The van der Waals surface area contributed by atoms with Gasteiger partial charge in [-0.15, -0.1) is 0 Å². The topological polar surface area (TPSA) is 70.2 Å². The lowest BCUT2D eigenvalue weighted by Crippen LogP contribution is -2.33. The number of hydrogen-bond acceptors (Lipinski definition) is 3. The predicted octanol–water partition coefficient (Wildman–Crippen LogP) is 3.32. The van der Waals surface area contributed by atoms with Gasteiger partial charge >= 0.3 is 0 Å². The number of carbonyl (C=O) groups is 2.